The van der Waals surface area contributed by atoms with Crippen molar-refractivity contribution in [1.29, 1.82) is 0 Å². The van der Waals surface area contributed by atoms with E-state index in [0.717, 1.165) is 18.8 Å². The maximum Gasteiger partial charge on any atom is 0.0317 e. The molecule has 1 aromatic carbocycles. The Kier molecular flexibility index (Phi) is 3.61. The molecule has 1 aromatic rings. The van der Waals surface area contributed by atoms with Crippen LogP contribution in [0.4, 0.5) is 5.69 Å². The van der Waals surface area contributed by atoms with E-state index in [4.69, 9.17) is 5.73 Å². The number of hydrogen-bond acceptors (Lipinski definition) is 2. The van der Waals surface area contributed by atoms with Crippen LogP contribution in [0.1, 0.15) is 18.9 Å². The van der Waals surface area contributed by atoms with Crippen LogP contribution in [0.2, 0.25) is 0 Å². The third-order valence-electron chi connectivity index (χ3n) is 1.71. The number of nitrogens with one attached hydrogen (secondary N) is 1. The molecule has 0 saturated heterocycles. The van der Waals surface area contributed by atoms with Crippen molar-refractivity contribution in [3.8, 4) is 0 Å². The van der Waals surface area contributed by atoms with Gasteiger partial charge in [0.15, 0.2) is 0 Å². The SMILES string of the molecule is CCCNCc1cccc(N)c1. The van der Waals surface area contributed by atoms with Gasteiger partial charge in [-0.3, -0.25) is 0 Å². The molecule has 1 rings (SSSR count). The van der Waals surface area contributed by atoms with Crippen LogP contribution in [-0.2, 0) is 6.54 Å². The highest BCUT2D eigenvalue weighted by molar-refractivity contribution is 5.40. The van der Waals surface area contributed by atoms with Crippen molar-refractivity contribution < 1.29 is 0 Å². The van der Waals surface area contributed by atoms with Crippen molar-refractivity contribution in [2.24, 2.45) is 0 Å². The molecule has 0 saturated carbocycles. The molecule has 0 spiro atoms. The maximum absolute atomic E-state index is 5.64. The average Bonchev–Trinajstić information content (AvgIpc) is 2.05. The van der Waals surface area contributed by atoms with Gasteiger partial charge in [0, 0.05) is 12.2 Å². The number of benzene rings is 1. The molecule has 0 aromatic heterocycles. The number of hydrogen-bond donors (Lipinski definition) is 2. The van der Waals surface area contributed by atoms with E-state index in [9.17, 15) is 0 Å². The molecule has 0 bridgehead atoms. The van der Waals surface area contributed by atoms with Gasteiger partial charge in [-0.15, -0.1) is 0 Å². The maximum atomic E-state index is 5.64. The van der Waals surface area contributed by atoms with Crippen molar-refractivity contribution in [2.45, 2.75) is 19.9 Å². The van der Waals surface area contributed by atoms with Crippen LogP contribution in [0.3, 0.4) is 0 Å². The van der Waals surface area contributed by atoms with Gasteiger partial charge in [-0.2, -0.15) is 0 Å². The van der Waals surface area contributed by atoms with Crippen molar-refractivity contribution in [2.75, 3.05) is 12.3 Å². The fraction of sp³-hybridized carbons (Fsp3) is 0.400. The lowest BCUT2D eigenvalue weighted by Crippen LogP contribution is -2.13. The Morgan fingerprint density at radius 3 is 2.92 bits per heavy atom. The molecule has 3 N–H and O–H groups in total. The third kappa shape index (κ3) is 2.93. The van der Waals surface area contributed by atoms with Gasteiger partial charge in [0.05, 0.1) is 0 Å². The first kappa shape index (κ1) is 9.07. The molecule has 2 nitrogen and oxygen atoms in total. The summed E-state index contributed by atoms with van der Waals surface area (Å²) in [5.74, 6) is 0. The molecular weight excluding hydrogens is 148 g/mol. The normalized spacial score (nSPS) is 10.1. The molecule has 0 atom stereocenters. The van der Waals surface area contributed by atoms with Crippen LogP contribution in [0, 0.1) is 0 Å². The van der Waals surface area contributed by atoms with E-state index < -0.39 is 0 Å². The zero-order valence-corrected chi connectivity index (χ0v) is 7.51. The zero-order chi connectivity index (χ0) is 8.81. The van der Waals surface area contributed by atoms with Crippen LogP contribution in [0.15, 0.2) is 24.3 Å². The first-order chi connectivity index (χ1) is 5.83. The van der Waals surface area contributed by atoms with Gasteiger partial charge in [-0.1, -0.05) is 19.1 Å². The summed E-state index contributed by atoms with van der Waals surface area (Å²) in [6.45, 7) is 4.14. The summed E-state index contributed by atoms with van der Waals surface area (Å²) in [6.07, 6.45) is 1.17. The van der Waals surface area contributed by atoms with Gasteiger partial charge in [0.2, 0.25) is 0 Å². The quantitative estimate of drug-likeness (QED) is 0.525. The predicted octanol–water partition coefficient (Wildman–Crippen LogP) is 1.77. The van der Waals surface area contributed by atoms with Crippen molar-refractivity contribution in [1.82, 2.24) is 5.32 Å². The number of nitrogen functional groups attached to an aromatic ring is 1. The Bertz CT molecular complexity index is 233. The van der Waals surface area contributed by atoms with Gasteiger partial charge in [-0.05, 0) is 30.7 Å². The van der Waals surface area contributed by atoms with Crippen molar-refractivity contribution >= 4 is 5.69 Å². The van der Waals surface area contributed by atoms with Crippen LogP contribution >= 0.6 is 0 Å². The molecule has 0 radical (unpaired) electrons. The van der Waals surface area contributed by atoms with E-state index in [2.05, 4.69) is 18.3 Å². The van der Waals surface area contributed by atoms with Gasteiger partial charge in [-0.25, -0.2) is 0 Å². The van der Waals surface area contributed by atoms with E-state index >= 15 is 0 Å². The largest absolute Gasteiger partial charge is 0.399 e. The summed E-state index contributed by atoms with van der Waals surface area (Å²) in [5, 5.41) is 3.32. The monoisotopic (exact) mass is 164 g/mol. The summed E-state index contributed by atoms with van der Waals surface area (Å²) in [4.78, 5) is 0. The topological polar surface area (TPSA) is 38.0 Å². The van der Waals surface area contributed by atoms with E-state index in [-0.39, 0.29) is 0 Å². The Morgan fingerprint density at radius 2 is 2.25 bits per heavy atom. The minimum atomic E-state index is 0.839. The standard InChI is InChI=1S/C10H16N2/c1-2-6-12-8-9-4-3-5-10(11)7-9/h3-5,7,12H,2,6,8,11H2,1H3. The highest BCUT2D eigenvalue weighted by Gasteiger charge is 1.91. The minimum Gasteiger partial charge on any atom is -0.399 e. The lowest BCUT2D eigenvalue weighted by Gasteiger charge is -2.03. The zero-order valence-electron chi connectivity index (χ0n) is 7.51. The van der Waals surface area contributed by atoms with E-state index in [0.29, 0.717) is 0 Å². The summed E-state index contributed by atoms with van der Waals surface area (Å²) in [5.41, 5.74) is 7.73. The number of anilines is 1. The third-order valence-corrected chi connectivity index (χ3v) is 1.71. The molecule has 0 amide bonds. The van der Waals surface area contributed by atoms with Crippen LogP contribution in [0.5, 0.6) is 0 Å². The average molecular weight is 164 g/mol. The highest BCUT2D eigenvalue weighted by Crippen LogP contribution is 2.05. The first-order valence-corrected chi connectivity index (χ1v) is 4.38. The fourth-order valence-corrected chi connectivity index (χ4v) is 1.11. The fourth-order valence-electron chi connectivity index (χ4n) is 1.11. The van der Waals surface area contributed by atoms with Gasteiger partial charge in [0.1, 0.15) is 0 Å². The van der Waals surface area contributed by atoms with Crippen LogP contribution in [0.25, 0.3) is 0 Å². The van der Waals surface area contributed by atoms with E-state index in [1.54, 1.807) is 0 Å². The first-order valence-electron chi connectivity index (χ1n) is 4.38. The number of nitrogens with two attached hydrogens (primary N) is 1. The van der Waals surface area contributed by atoms with E-state index in [1.165, 1.54) is 12.0 Å². The molecular formula is C10H16N2. The second-order valence-corrected chi connectivity index (χ2v) is 2.92. The highest BCUT2D eigenvalue weighted by atomic mass is 14.8. The molecule has 0 aliphatic heterocycles. The van der Waals surface area contributed by atoms with Crippen molar-refractivity contribution in [3.05, 3.63) is 29.8 Å². The molecule has 0 aliphatic carbocycles. The summed E-state index contributed by atoms with van der Waals surface area (Å²) >= 11 is 0. The molecule has 12 heavy (non-hydrogen) atoms. The molecule has 0 unspecified atom stereocenters. The van der Waals surface area contributed by atoms with Crippen molar-refractivity contribution in [3.63, 3.8) is 0 Å². The summed E-state index contributed by atoms with van der Waals surface area (Å²) in [7, 11) is 0. The second-order valence-electron chi connectivity index (χ2n) is 2.92. The molecule has 0 aliphatic rings. The Balaban J connectivity index is 2.41. The van der Waals surface area contributed by atoms with Crippen LogP contribution < -0.4 is 11.1 Å². The summed E-state index contributed by atoms with van der Waals surface area (Å²) in [6, 6.07) is 7.98. The van der Waals surface area contributed by atoms with E-state index in [1.807, 2.05) is 18.2 Å². The second kappa shape index (κ2) is 4.78. The Labute approximate surface area is 73.8 Å². The Hall–Kier alpha value is -1.02. The summed E-state index contributed by atoms with van der Waals surface area (Å²) < 4.78 is 0. The molecule has 0 fully saturated rings. The van der Waals surface area contributed by atoms with Gasteiger partial charge in [0.25, 0.3) is 0 Å². The smallest absolute Gasteiger partial charge is 0.0317 e. The molecule has 0 heterocycles. The Morgan fingerprint density at radius 1 is 1.42 bits per heavy atom. The number of rotatable bonds is 4. The lowest BCUT2D eigenvalue weighted by molar-refractivity contribution is 0.675. The predicted molar refractivity (Wildman–Crippen MR) is 52.9 cm³/mol. The van der Waals surface area contributed by atoms with Gasteiger partial charge < -0.3 is 11.1 Å². The van der Waals surface area contributed by atoms with Gasteiger partial charge >= 0.3 is 0 Å². The molecule has 2 heteroatoms. The van der Waals surface area contributed by atoms with Crippen LogP contribution in [-0.4, -0.2) is 6.54 Å². The minimum absolute atomic E-state index is 0.839. The lowest BCUT2D eigenvalue weighted by atomic mass is 10.2. The molecule has 66 valence electrons.